The quantitative estimate of drug-likeness (QED) is 0.580. The second kappa shape index (κ2) is 8.25. The zero-order valence-electron chi connectivity index (χ0n) is 15.1. The summed E-state index contributed by atoms with van der Waals surface area (Å²) in [6.07, 6.45) is 0. The van der Waals surface area contributed by atoms with Crippen molar-refractivity contribution in [2.45, 2.75) is 33.5 Å². The fourth-order valence-electron chi connectivity index (χ4n) is 3.25. The Labute approximate surface area is 166 Å². The van der Waals surface area contributed by atoms with E-state index in [-0.39, 0.29) is 12.1 Å². The summed E-state index contributed by atoms with van der Waals surface area (Å²) in [4.78, 5) is 13.0. The van der Waals surface area contributed by atoms with Gasteiger partial charge in [0.25, 0.3) is 0 Å². The molecule has 3 rings (SSSR count). The molecule has 4 nitrogen and oxygen atoms in total. The number of carboxylic acids is 1. The lowest BCUT2D eigenvalue weighted by molar-refractivity contribution is 0.0694. The molecule has 3 aromatic rings. The van der Waals surface area contributed by atoms with Crippen LogP contribution in [0, 0.1) is 19.7 Å². The normalized spacial score (nSPS) is 11.1. The molecule has 1 aromatic carbocycles. The molecule has 0 amide bonds. The average molecular weight is 407 g/mol. The van der Waals surface area contributed by atoms with Gasteiger partial charge in [-0.05, 0) is 37.4 Å². The molecule has 7 heteroatoms. The molecule has 2 heterocycles. The summed E-state index contributed by atoms with van der Waals surface area (Å²) in [5.74, 6) is -1.38. The molecule has 27 heavy (non-hydrogen) atoms. The van der Waals surface area contributed by atoms with E-state index in [4.69, 9.17) is 11.6 Å². The molecular weight excluding hydrogens is 387 g/mol. The summed E-state index contributed by atoms with van der Waals surface area (Å²) in [6, 6.07) is 8.56. The van der Waals surface area contributed by atoms with Crippen molar-refractivity contribution < 1.29 is 14.3 Å². The minimum absolute atomic E-state index is 0.189. The van der Waals surface area contributed by atoms with Crippen molar-refractivity contribution in [1.82, 2.24) is 9.88 Å². The number of nitrogens with zero attached hydrogens (tertiary/aromatic N) is 1. The maximum atomic E-state index is 14.2. The largest absolute Gasteiger partial charge is 0.478 e. The van der Waals surface area contributed by atoms with Gasteiger partial charge in [-0.2, -0.15) is 0 Å². The van der Waals surface area contributed by atoms with Crippen molar-refractivity contribution in [3.05, 3.63) is 79.5 Å². The monoisotopic (exact) mass is 406 g/mol. The van der Waals surface area contributed by atoms with E-state index in [2.05, 4.69) is 5.32 Å². The molecule has 0 radical (unpaired) electrons. The standard InChI is InChI=1S/C20H20ClFN2O2S/c1-12-15(10-23-9-14-5-4-8-27-14)19(20(25)26)13(2)24(12)11-16-17(21)6-3-7-18(16)22/h3-8,23H,9-11H2,1-2H3,(H,25,26). The number of halogens is 2. The molecule has 0 atom stereocenters. The Morgan fingerprint density at radius 2 is 1.96 bits per heavy atom. The van der Waals surface area contributed by atoms with Crippen LogP contribution >= 0.6 is 22.9 Å². The minimum atomic E-state index is -0.984. The summed E-state index contributed by atoms with van der Waals surface area (Å²) in [5, 5.41) is 15.3. The molecule has 2 N–H and O–H groups in total. The fraction of sp³-hybridized carbons (Fsp3) is 0.250. The molecule has 2 aromatic heterocycles. The number of rotatable bonds is 7. The van der Waals surface area contributed by atoms with Gasteiger partial charge in [-0.3, -0.25) is 0 Å². The second-order valence-electron chi connectivity index (χ2n) is 6.30. The van der Waals surface area contributed by atoms with Gasteiger partial charge in [0.05, 0.1) is 12.1 Å². The predicted octanol–water partition coefficient (Wildman–Crippen LogP) is 5.00. The van der Waals surface area contributed by atoms with Crippen molar-refractivity contribution >= 4 is 28.9 Å². The first-order valence-electron chi connectivity index (χ1n) is 8.48. The highest BCUT2D eigenvalue weighted by atomic mass is 35.5. The van der Waals surface area contributed by atoms with Crippen LogP contribution in [-0.2, 0) is 19.6 Å². The highest BCUT2D eigenvalue weighted by molar-refractivity contribution is 7.09. The number of hydrogen-bond donors (Lipinski definition) is 2. The molecule has 0 aliphatic carbocycles. The summed E-state index contributed by atoms with van der Waals surface area (Å²) in [6.45, 7) is 4.88. The summed E-state index contributed by atoms with van der Waals surface area (Å²) in [7, 11) is 0. The third-order valence-electron chi connectivity index (χ3n) is 4.68. The zero-order valence-corrected chi connectivity index (χ0v) is 16.6. The Hall–Kier alpha value is -2.15. The van der Waals surface area contributed by atoms with E-state index in [0.29, 0.717) is 34.9 Å². The highest BCUT2D eigenvalue weighted by Crippen LogP contribution is 2.27. The van der Waals surface area contributed by atoms with Crippen molar-refractivity contribution in [2.24, 2.45) is 0 Å². The van der Waals surface area contributed by atoms with E-state index in [1.807, 2.05) is 29.0 Å². The number of carbonyl (C=O) groups is 1. The van der Waals surface area contributed by atoms with Gasteiger partial charge in [0.2, 0.25) is 0 Å². The van der Waals surface area contributed by atoms with E-state index >= 15 is 0 Å². The van der Waals surface area contributed by atoms with Gasteiger partial charge in [0.15, 0.2) is 0 Å². The third-order valence-corrected chi connectivity index (χ3v) is 5.91. The van der Waals surface area contributed by atoms with E-state index < -0.39 is 11.8 Å². The maximum Gasteiger partial charge on any atom is 0.337 e. The SMILES string of the molecule is Cc1c(CNCc2cccs2)c(C(=O)O)c(C)n1Cc1c(F)cccc1Cl. The lowest BCUT2D eigenvalue weighted by Crippen LogP contribution is -2.15. The number of thiophene rings is 1. The fourth-order valence-corrected chi connectivity index (χ4v) is 4.15. The molecule has 0 aliphatic heterocycles. The van der Waals surface area contributed by atoms with Gasteiger partial charge in [0, 0.05) is 45.5 Å². The van der Waals surface area contributed by atoms with E-state index in [1.54, 1.807) is 30.4 Å². The van der Waals surface area contributed by atoms with Crippen LogP contribution in [0.25, 0.3) is 0 Å². The van der Waals surface area contributed by atoms with Crippen molar-refractivity contribution in [2.75, 3.05) is 0 Å². The molecule has 0 spiro atoms. The Morgan fingerprint density at radius 1 is 1.19 bits per heavy atom. The summed E-state index contributed by atoms with van der Waals surface area (Å²) < 4.78 is 16.0. The number of nitrogens with one attached hydrogen (secondary N) is 1. The van der Waals surface area contributed by atoms with Gasteiger partial charge in [-0.25, -0.2) is 9.18 Å². The van der Waals surface area contributed by atoms with Gasteiger partial charge in [-0.1, -0.05) is 23.7 Å². The highest BCUT2D eigenvalue weighted by Gasteiger charge is 2.23. The molecule has 142 valence electrons. The van der Waals surface area contributed by atoms with Crippen LogP contribution in [0.2, 0.25) is 5.02 Å². The van der Waals surface area contributed by atoms with Crippen LogP contribution in [0.15, 0.2) is 35.7 Å². The lowest BCUT2D eigenvalue weighted by Gasteiger charge is -2.12. The minimum Gasteiger partial charge on any atom is -0.478 e. The second-order valence-corrected chi connectivity index (χ2v) is 7.74. The van der Waals surface area contributed by atoms with Gasteiger partial charge in [-0.15, -0.1) is 11.3 Å². The number of hydrogen-bond acceptors (Lipinski definition) is 3. The zero-order chi connectivity index (χ0) is 19.6. The van der Waals surface area contributed by atoms with Crippen LogP contribution < -0.4 is 5.32 Å². The Morgan fingerprint density at radius 3 is 2.59 bits per heavy atom. The van der Waals surface area contributed by atoms with Crippen molar-refractivity contribution in [3.63, 3.8) is 0 Å². The van der Waals surface area contributed by atoms with Gasteiger partial charge >= 0.3 is 5.97 Å². The topological polar surface area (TPSA) is 54.3 Å². The smallest absolute Gasteiger partial charge is 0.337 e. The predicted molar refractivity (Wildman–Crippen MR) is 106 cm³/mol. The lowest BCUT2D eigenvalue weighted by atomic mass is 10.1. The van der Waals surface area contributed by atoms with Crippen LogP contribution in [0.4, 0.5) is 4.39 Å². The van der Waals surface area contributed by atoms with E-state index in [9.17, 15) is 14.3 Å². The average Bonchev–Trinajstić information content (AvgIpc) is 3.20. The van der Waals surface area contributed by atoms with Gasteiger partial charge < -0.3 is 15.0 Å². The first-order chi connectivity index (χ1) is 12.9. The third kappa shape index (κ3) is 4.08. The Kier molecular flexibility index (Phi) is 5.99. The Balaban J connectivity index is 1.92. The van der Waals surface area contributed by atoms with E-state index in [0.717, 1.165) is 5.69 Å². The number of carboxylic acid groups (broad SMARTS) is 1. The van der Waals surface area contributed by atoms with Gasteiger partial charge in [0.1, 0.15) is 5.82 Å². The number of aromatic carboxylic acids is 1. The Bertz CT molecular complexity index is 947. The van der Waals surface area contributed by atoms with Crippen LogP contribution in [0.5, 0.6) is 0 Å². The molecule has 0 unspecified atom stereocenters. The van der Waals surface area contributed by atoms with Crippen LogP contribution in [0.1, 0.15) is 37.7 Å². The van der Waals surface area contributed by atoms with Crippen LogP contribution in [0.3, 0.4) is 0 Å². The molecule has 0 fully saturated rings. The molecule has 0 bridgehead atoms. The van der Waals surface area contributed by atoms with Crippen molar-refractivity contribution in [1.29, 1.82) is 0 Å². The maximum absolute atomic E-state index is 14.2. The molecule has 0 aliphatic rings. The van der Waals surface area contributed by atoms with Crippen LogP contribution in [-0.4, -0.2) is 15.6 Å². The first-order valence-corrected chi connectivity index (χ1v) is 9.73. The molecule has 0 saturated heterocycles. The first kappa shape index (κ1) is 19.6. The van der Waals surface area contributed by atoms with Crippen molar-refractivity contribution in [3.8, 4) is 0 Å². The van der Waals surface area contributed by atoms with E-state index in [1.165, 1.54) is 10.9 Å². The molecule has 0 saturated carbocycles. The number of benzene rings is 1. The number of aromatic nitrogens is 1. The summed E-state index contributed by atoms with van der Waals surface area (Å²) in [5.41, 5.74) is 2.72. The summed E-state index contributed by atoms with van der Waals surface area (Å²) >= 11 is 7.80. The molecular formula is C20H20ClFN2O2S.